The molecular formula is C12H17N2O+. The predicted molar refractivity (Wildman–Crippen MR) is 61.4 cm³/mol. The normalized spacial score (nSPS) is 30.3. The van der Waals surface area contributed by atoms with Crippen LogP contribution >= 0.6 is 0 Å². The Labute approximate surface area is 90.1 Å². The van der Waals surface area contributed by atoms with Crippen molar-refractivity contribution in [1.82, 2.24) is 4.48 Å². The third-order valence-corrected chi connectivity index (χ3v) is 3.50. The molecule has 0 aliphatic carbocycles. The molecule has 2 rings (SSSR count). The van der Waals surface area contributed by atoms with Crippen LogP contribution in [0.25, 0.3) is 0 Å². The SMILES string of the molecule is C[C@@H]1CCC[N+]1(C(N)=O)c1ccccc1. The fourth-order valence-electron chi connectivity index (χ4n) is 2.61. The Hall–Kier alpha value is -1.35. The number of primary amides is 1. The Morgan fingerprint density at radius 1 is 1.40 bits per heavy atom. The summed E-state index contributed by atoms with van der Waals surface area (Å²) in [6.07, 6.45) is 2.14. The number of rotatable bonds is 1. The van der Waals surface area contributed by atoms with Crippen molar-refractivity contribution in [2.45, 2.75) is 25.8 Å². The van der Waals surface area contributed by atoms with E-state index >= 15 is 0 Å². The van der Waals surface area contributed by atoms with E-state index in [9.17, 15) is 4.79 Å². The summed E-state index contributed by atoms with van der Waals surface area (Å²) in [5.41, 5.74) is 6.61. The van der Waals surface area contributed by atoms with Crippen LogP contribution in [0.15, 0.2) is 30.3 Å². The van der Waals surface area contributed by atoms with Gasteiger partial charge in [0.25, 0.3) is 0 Å². The molecule has 2 atom stereocenters. The minimum atomic E-state index is -0.230. The summed E-state index contributed by atoms with van der Waals surface area (Å²) >= 11 is 0. The molecule has 1 saturated heterocycles. The largest absolute Gasteiger partial charge is 0.419 e. The molecule has 1 unspecified atom stereocenters. The molecule has 1 aliphatic rings. The van der Waals surface area contributed by atoms with Crippen molar-refractivity contribution in [2.75, 3.05) is 6.54 Å². The third kappa shape index (κ3) is 1.43. The molecule has 1 heterocycles. The molecule has 0 aromatic heterocycles. The van der Waals surface area contributed by atoms with E-state index in [0.29, 0.717) is 10.5 Å². The number of nitrogens with two attached hydrogens (primary N) is 1. The summed E-state index contributed by atoms with van der Waals surface area (Å²) in [6, 6.07) is 9.93. The van der Waals surface area contributed by atoms with Gasteiger partial charge in [0, 0.05) is 12.8 Å². The van der Waals surface area contributed by atoms with Crippen molar-refractivity contribution in [1.29, 1.82) is 0 Å². The number of hydrogen-bond donors (Lipinski definition) is 1. The molecule has 3 heteroatoms. The monoisotopic (exact) mass is 205 g/mol. The lowest BCUT2D eigenvalue weighted by Crippen LogP contribution is -2.59. The van der Waals surface area contributed by atoms with Crippen molar-refractivity contribution in [2.24, 2.45) is 5.73 Å². The van der Waals surface area contributed by atoms with Gasteiger partial charge in [0.15, 0.2) is 0 Å². The molecule has 1 fully saturated rings. The van der Waals surface area contributed by atoms with Crippen LogP contribution in [-0.4, -0.2) is 18.6 Å². The highest BCUT2D eigenvalue weighted by Crippen LogP contribution is 2.33. The summed E-state index contributed by atoms with van der Waals surface area (Å²) < 4.78 is 0.320. The van der Waals surface area contributed by atoms with E-state index in [1.54, 1.807) is 0 Å². The number of carbonyl (C=O) groups excluding carboxylic acids is 1. The summed E-state index contributed by atoms with van der Waals surface area (Å²) in [6.45, 7) is 2.94. The van der Waals surface area contributed by atoms with Gasteiger partial charge in [0.1, 0.15) is 5.69 Å². The summed E-state index contributed by atoms with van der Waals surface area (Å²) in [4.78, 5) is 11.7. The molecule has 1 aliphatic heterocycles. The zero-order chi connectivity index (χ0) is 10.9. The molecule has 80 valence electrons. The van der Waals surface area contributed by atoms with Gasteiger partial charge < -0.3 is 5.73 Å². The first kappa shape index (κ1) is 10.2. The first-order valence-corrected chi connectivity index (χ1v) is 5.41. The van der Waals surface area contributed by atoms with Crippen LogP contribution < -0.4 is 10.2 Å². The molecule has 1 aromatic rings. The number of para-hydroxylation sites is 1. The Balaban J connectivity index is 2.49. The fourth-order valence-corrected chi connectivity index (χ4v) is 2.61. The number of carbonyl (C=O) groups is 1. The summed E-state index contributed by atoms with van der Waals surface area (Å²) in [7, 11) is 0. The highest BCUT2D eigenvalue weighted by molar-refractivity contribution is 5.86. The van der Waals surface area contributed by atoms with Crippen LogP contribution in [-0.2, 0) is 0 Å². The molecule has 2 N–H and O–H groups in total. The van der Waals surface area contributed by atoms with E-state index < -0.39 is 0 Å². The Morgan fingerprint density at radius 3 is 2.53 bits per heavy atom. The average Bonchev–Trinajstić information content (AvgIpc) is 2.62. The maximum absolute atomic E-state index is 11.7. The van der Waals surface area contributed by atoms with Gasteiger partial charge in [0.2, 0.25) is 0 Å². The molecule has 0 radical (unpaired) electrons. The third-order valence-electron chi connectivity index (χ3n) is 3.50. The van der Waals surface area contributed by atoms with Crippen LogP contribution in [0.2, 0.25) is 0 Å². The summed E-state index contributed by atoms with van der Waals surface area (Å²) in [5.74, 6) is 0. The van der Waals surface area contributed by atoms with E-state index in [0.717, 1.165) is 25.1 Å². The molecule has 15 heavy (non-hydrogen) atoms. The number of benzene rings is 1. The number of quaternary nitrogens is 1. The smallest absolute Gasteiger partial charge is 0.319 e. The molecule has 3 nitrogen and oxygen atoms in total. The minimum absolute atomic E-state index is 0.230. The van der Waals surface area contributed by atoms with Crippen molar-refractivity contribution in [3.8, 4) is 0 Å². The molecular weight excluding hydrogens is 188 g/mol. The second-order valence-corrected chi connectivity index (χ2v) is 4.26. The van der Waals surface area contributed by atoms with Crippen molar-refractivity contribution in [3.05, 3.63) is 30.3 Å². The van der Waals surface area contributed by atoms with E-state index in [1.807, 2.05) is 30.3 Å². The van der Waals surface area contributed by atoms with E-state index in [4.69, 9.17) is 5.73 Å². The van der Waals surface area contributed by atoms with Gasteiger partial charge in [-0.05, 0) is 19.1 Å². The fraction of sp³-hybridized carbons (Fsp3) is 0.417. The second-order valence-electron chi connectivity index (χ2n) is 4.26. The zero-order valence-corrected chi connectivity index (χ0v) is 9.02. The van der Waals surface area contributed by atoms with Crippen LogP contribution in [0.4, 0.5) is 10.5 Å². The van der Waals surface area contributed by atoms with Gasteiger partial charge in [-0.1, -0.05) is 18.2 Å². The molecule has 2 amide bonds. The average molecular weight is 205 g/mol. The van der Waals surface area contributed by atoms with Crippen molar-refractivity contribution in [3.63, 3.8) is 0 Å². The number of urea groups is 1. The maximum atomic E-state index is 11.7. The van der Waals surface area contributed by atoms with Gasteiger partial charge in [0.05, 0.1) is 12.6 Å². The van der Waals surface area contributed by atoms with Gasteiger partial charge in [-0.25, -0.2) is 9.28 Å². The van der Waals surface area contributed by atoms with E-state index in [-0.39, 0.29) is 6.03 Å². The van der Waals surface area contributed by atoms with Gasteiger partial charge in [-0.2, -0.15) is 0 Å². The maximum Gasteiger partial charge on any atom is 0.419 e. The standard InChI is InChI=1S/C12H16N2O/c1-10-6-5-9-14(10,12(13)15)11-7-3-2-4-8-11/h2-4,7-8,10H,5-6,9H2,1H3,(H-,13,15)/p+1/t10-,14?/m1/s1. The zero-order valence-electron chi connectivity index (χ0n) is 9.02. The van der Waals surface area contributed by atoms with Gasteiger partial charge in [-0.3, -0.25) is 0 Å². The van der Waals surface area contributed by atoms with Crippen LogP contribution in [0, 0.1) is 0 Å². The predicted octanol–water partition coefficient (Wildman–Crippen LogP) is 2.25. The molecule has 0 bridgehead atoms. The Morgan fingerprint density at radius 2 is 2.07 bits per heavy atom. The molecule has 1 aromatic carbocycles. The molecule has 0 saturated carbocycles. The lowest BCUT2D eigenvalue weighted by atomic mass is 10.2. The van der Waals surface area contributed by atoms with Crippen LogP contribution in [0.5, 0.6) is 0 Å². The summed E-state index contributed by atoms with van der Waals surface area (Å²) in [5, 5.41) is 0. The Kier molecular flexibility index (Phi) is 2.49. The minimum Gasteiger partial charge on any atom is -0.319 e. The highest BCUT2D eigenvalue weighted by atomic mass is 16.2. The van der Waals surface area contributed by atoms with Gasteiger partial charge in [-0.15, -0.1) is 0 Å². The van der Waals surface area contributed by atoms with Crippen molar-refractivity contribution < 1.29 is 4.79 Å². The number of amides is 2. The second kappa shape index (κ2) is 3.66. The first-order chi connectivity index (χ1) is 7.18. The first-order valence-electron chi connectivity index (χ1n) is 5.41. The number of likely N-dealkylation sites (tertiary alicyclic amines) is 1. The lowest BCUT2D eigenvalue weighted by Gasteiger charge is -2.33. The van der Waals surface area contributed by atoms with Crippen LogP contribution in [0.3, 0.4) is 0 Å². The topological polar surface area (TPSA) is 43.1 Å². The van der Waals surface area contributed by atoms with Crippen molar-refractivity contribution >= 4 is 11.7 Å². The molecule has 0 spiro atoms. The van der Waals surface area contributed by atoms with Crippen LogP contribution in [0.1, 0.15) is 19.8 Å². The lowest BCUT2D eigenvalue weighted by molar-refractivity contribution is 0.206. The number of hydrogen-bond acceptors (Lipinski definition) is 1. The van der Waals surface area contributed by atoms with E-state index in [1.165, 1.54) is 0 Å². The van der Waals surface area contributed by atoms with Gasteiger partial charge >= 0.3 is 6.03 Å². The van der Waals surface area contributed by atoms with E-state index in [2.05, 4.69) is 6.92 Å². The Bertz CT molecular complexity index is 363. The number of nitrogens with zero attached hydrogens (tertiary/aromatic N) is 1. The quantitative estimate of drug-likeness (QED) is 0.702. The highest BCUT2D eigenvalue weighted by Gasteiger charge is 2.46.